The third-order valence-corrected chi connectivity index (χ3v) is 7.01. The lowest BCUT2D eigenvalue weighted by Crippen LogP contribution is -2.65. The minimum Gasteiger partial charge on any atom is -0.508 e. The first-order valence-electron chi connectivity index (χ1n) is 10.6. The lowest BCUT2D eigenvalue weighted by atomic mass is 9.57. The average molecular weight is 474 g/mol. The molecule has 0 aliphatic heterocycles. The second-order valence-electron chi connectivity index (χ2n) is 9.00. The zero-order valence-electron chi connectivity index (χ0n) is 18.9. The van der Waals surface area contributed by atoms with E-state index in [0.717, 1.165) is 0 Å². The van der Waals surface area contributed by atoms with Gasteiger partial charge >= 0.3 is 0 Å². The monoisotopic (exact) mass is 474 g/mol. The molecule has 6 N–H and O–H groups in total. The number of phenols is 1. The van der Waals surface area contributed by atoms with Crippen LogP contribution in [0.3, 0.4) is 0 Å². The van der Waals surface area contributed by atoms with Crippen molar-refractivity contribution in [2.24, 2.45) is 17.6 Å². The number of hydrogen-bond acceptors (Lipinski definition) is 10. The number of benzene rings is 1. The van der Waals surface area contributed by atoms with E-state index in [1.165, 1.54) is 12.0 Å². The first-order valence-corrected chi connectivity index (χ1v) is 10.6. The van der Waals surface area contributed by atoms with Crippen LogP contribution >= 0.6 is 0 Å². The summed E-state index contributed by atoms with van der Waals surface area (Å²) in [6.45, 7) is -0.125. The number of primary amides is 1. The Morgan fingerprint density at radius 1 is 1.24 bits per heavy atom. The molecule has 0 unspecified atom stereocenters. The normalized spacial score (nSPS) is 28.7. The van der Waals surface area contributed by atoms with E-state index >= 15 is 0 Å². The van der Waals surface area contributed by atoms with Crippen molar-refractivity contribution in [1.29, 1.82) is 0 Å². The van der Waals surface area contributed by atoms with Crippen molar-refractivity contribution < 1.29 is 44.6 Å². The van der Waals surface area contributed by atoms with Crippen LogP contribution in [0.25, 0.3) is 5.76 Å². The Kier molecular flexibility index (Phi) is 5.76. The van der Waals surface area contributed by atoms with Crippen LogP contribution in [0, 0.1) is 11.8 Å². The maximum absolute atomic E-state index is 13.7. The smallest absolute Gasteiger partial charge is 0.255 e. The second kappa shape index (κ2) is 8.20. The molecule has 1 amide bonds. The highest BCUT2D eigenvalue weighted by Crippen LogP contribution is 2.52. The highest BCUT2D eigenvalue weighted by Gasteiger charge is 2.64. The number of carbonyl (C=O) groups excluding carboxylic acids is 3. The number of rotatable bonds is 5. The van der Waals surface area contributed by atoms with Gasteiger partial charge in [0.15, 0.2) is 11.4 Å². The van der Waals surface area contributed by atoms with E-state index in [1.807, 2.05) is 0 Å². The van der Waals surface area contributed by atoms with E-state index in [2.05, 4.69) is 4.89 Å². The van der Waals surface area contributed by atoms with Crippen molar-refractivity contribution in [2.45, 2.75) is 31.1 Å². The number of ketones is 2. The zero-order chi connectivity index (χ0) is 25.1. The molecule has 11 heteroatoms. The van der Waals surface area contributed by atoms with Crippen LogP contribution in [0.4, 0.5) is 0 Å². The number of carbonyl (C=O) groups is 3. The molecule has 0 bridgehead atoms. The predicted octanol–water partition coefficient (Wildman–Crippen LogP) is 0.0420. The number of nitrogens with zero attached hydrogens (tertiary/aromatic N) is 1. The average Bonchev–Trinajstić information content (AvgIpc) is 2.75. The van der Waals surface area contributed by atoms with Crippen LogP contribution in [0.2, 0.25) is 0 Å². The molecule has 3 aliphatic carbocycles. The molecule has 1 aromatic carbocycles. The fraction of sp³-hybridized carbons (Fsp3) is 0.435. The Hall–Kier alpha value is -3.25. The molecule has 0 aromatic heterocycles. The van der Waals surface area contributed by atoms with Gasteiger partial charge in [0.2, 0.25) is 5.78 Å². The summed E-state index contributed by atoms with van der Waals surface area (Å²) in [5, 5.41) is 44.2. The fourth-order valence-electron chi connectivity index (χ4n) is 5.50. The Labute approximate surface area is 194 Å². The van der Waals surface area contributed by atoms with Crippen LogP contribution in [0.1, 0.15) is 23.1 Å². The van der Waals surface area contributed by atoms with Gasteiger partial charge in [0, 0.05) is 17.1 Å². The Balaban J connectivity index is 1.92. The SMILES string of the molecule is COOCc1ccc2c(c1O)C(O)=C1C(=O)[C@]3(O)C(O)=C(C(N)=O)C(=O)[C@@H](N(C)C)[C@@H]3C[C@@H]1C2. The summed E-state index contributed by atoms with van der Waals surface area (Å²) in [5.74, 6) is -6.80. The number of aromatic hydroxyl groups is 1. The number of aliphatic hydroxyl groups is 3. The van der Waals surface area contributed by atoms with Crippen molar-refractivity contribution >= 4 is 23.2 Å². The van der Waals surface area contributed by atoms with E-state index in [0.29, 0.717) is 11.1 Å². The lowest BCUT2D eigenvalue weighted by molar-refractivity contribution is -0.282. The van der Waals surface area contributed by atoms with Crippen LogP contribution in [-0.4, -0.2) is 75.6 Å². The van der Waals surface area contributed by atoms with Gasteiger partial charge in [-0.05, 0) is 38.4 Å². The van der Waals surface area contributed by atoms with Gasteiger partial charge < -0.3 is 26.2 Å². The predicted molar refractivity (Wildman–Crippen MR) is 116 cm³/mol. The van der Waals surface area contributed by atoms with Crippen LogP contribution in [0.5, 0.6) is 5.75 Å². The number of hydrogen-bond donors (Lipinski definition) is 5. The number of phenolic OH excluding ortho intramolecular Hbond substituents is 1. The summed E-state index contributed by atoms with van der Waals surface area (Å²) < 4.78 is 0. The Morgan fingerprint density at radius 3 is 2.50 bits per heavy atom. The molecule has 34 heavy (non-hydrogen) atoms. The van der Waals surface area contributed by atoms with Gasteiger partial charge in [-0.25, -0.2) is 9.78 Å². The minimum absolute atomic E-state index is 0.00786. The second-order valence-corrected chi connectivity index (χ2v) is 9.00. The highest BCUT2D eigenvalue weighted by molar-refractivity contribution is 6.24. The van der Waals surface area contributed by atoms with Gasteiger partial charge in [-0.3, -0.25) is 19.3 Å². The molecule has 11 nitrogen and oxygen atoms in total. The molecule has 1 aromatic rings. The quantitative estimate of drug-likeness (QED) is 0.222. The summed E-state index contributed by atoms with van der Waals surface area (Å²) in [6, 6.07) is 2.17. The number of likely N-dealkylation sites (N-methyl/N-ethyl adjacent to an activating group) is 1. The third-order valence-electron chi connectivity index (χ3n) is 7.01. The summed E-state index contributed by atoms with van der Waals surface area (Å²) in [4.78, 5) is 49.5. The lowest BCUT2D eigenvalue weighted by Gasteiger charge is -2.50. The molecular formula is C23H26N2O9. The molecule has 1 fully saturated rings. The summed E-state index contributed by atoms with van der Waals surface area (Å²) in [5.41, 5.74) is 2.46. The van der Waals surface area contributed by atoms with E-state index in [4.69, 9.17) is 10.6 Å². The standard InChI is InChI=1S/C23H26N2O9/c1-25(2)16-12-7-11-6-9-4-5-10(8-34-33-3)17(26)13(9)18(27)14(11)20(29)23(12,32)21(30)15(19(16)28)22(24)31/h4-5,11-12,16,26-27,30,32H,6-8H2,1-3H3,(H2,24,31)/t11-,12-,16-,23-/m0/s1. The molecule has 0 spiro atoms. The molecular weight excluding hydrogens is 448 g/mol. The van der Waals surface area contributed by atoms with E-state index in [1.54, 1.807) is 26.2 Å². The first kappa shape index (κ1) is 23.9. The maximum Gasteiger partial charge on any atom is 0.255 e. The van der Waals surface area contributed by atoms with Crippen molar-refractivity contribution in [2.75, 3.05) is 21.2 Å². The number of nitrogens with two attached hydrogens (primary N) is 1. The molecule has 3 aliphatic rings. The number of fused-ring (bicyclic) bond motifs is 3. The van der Waals surface area contributed by atoms with Crippen molar-refractivity contribution in [3.05, 3.63) is 45.7 Å². The first-order chi connectivity index (χ1) is 16.0. The van der Waals surface area contributed by atoms with E-state index < -0.39 is 58.0 Å². The van der Waals surface area contributed by atoms with Gasteiger partial charge in [0.25, 0.3) is 5.91 Å². The van der Waals surface area contributed by atoms with Gasteiger partial charge in [0.1, 0.15) is 29.4 Å². The van der Waals surface area contributed by atoms with Crippen LogP contribution in [0.15, 0.2) is 29.0 Å². The van der Waals surface area contributed by atoms with Crippen molar-refractivity contribution in [3.8, 4) is 5.75 Å². The molecule has 0 saturated heterocycles. The molecule has 182 valence electrons. The van der Waals surface area contributed by atoms with Gasteiger partial charge in [-0.15, -0.1) is 0 Å². The molecule has 0 radical (unpaired) electrons. The summed E-state index contributed by atoms with van der Waals surface area (Å²) in [6.07, 6.45) is 0.272. The van der Waals surface area contributed by atoms with Gasteiger partial charge in [-0.1, -0.05) is 12.1 Å². The largest absolute Gasteiger partial charge is 0.508 e. The highest BCUT2D eigenvalue weighted by atomic mass is 17.2. The van der Waals surface area contributed by atoms with Crippen LogP contribution < -0.4 is 5.73 Å². The molecule has 0 heterocycles. The van der Waals surface area contributed by atoms with Crippen LogP contribution in [-0.2, 0) is 37.2 Å². The number of amides is 1. The van der Waals surface area contributed by atoms with Crippen molar-refractivity contribution in [1.82, 2.24) is 4.90 Å². The van der Waals surface area contributed by atoms with Gasteiger partial charge in [0.05, 0.1) is 18.7 Å². The number of aliphatic hydroxyl groups excluding tert-OH is 2. The third kappa shape index (κ3) is 3.16. The minimum atomic E-state index is -2.66. The van der Waals surface area contributed by atoms with E-state index in [9.17, 15) is 34.8 Å². The Bertz CT molecular complexity index is 1170. The fourth-order valence-corrected chi connectivity index (χ4v) is 5.50. The molecule has 4 atom stereocenters. The topological polar surface area (TPSA) is 180 Å². The zero-order valence-corrected chi connectivity index (χ0v) is 18.9. The van der Waals surface area contributed by atoms with E-state index in [-0.39, 0.29) is 36.3 Å². The van der Waals surface area contributed by atoms with Gasteiger partial charge in [-0.2, -0.15) is 0 Å². The Morgan fingerprint density at radius 2 is 1.91 bits per heavy atom. The molecule has 4 rings (SSSR count). The number of Topliss-reactive ketones (excluding diaryl/α,β-unsaturated/α-hetero) is 2. The maximum atomic E-state index is 13.7. The summed E-state index contributed by atoms with van der Waals surface area (Å²) >= 11 is 0. The summed E-state index contributed by atoms with van der Waals surface area (Å²) in [7, 11) is 4.40. The van der Waals surface area contributed by atoms with Crippen molar-refractivity contribution in [3.63, 3.8) is 0 Å². The molecule has 1 saturated carbocycles.